The van der Waals surface area contributed by atoms with Crippen LogP contribution in [0.4, 0.5) is 0 Å². The van der Waals surface area contributed by atoms with E-state index in [4.69, 9.17) is 14.2 Å². The van der Waals surface area contributed by atoms with E-state index in [0.29, 0.717) is 66.9 Å². The number of allylic oxidation sites excluding steroid dienone is 2. The van der Waals surface area contributed by atoms with Gasteiger partial charge in [-0.15, -0.1) is 0 Å². The fourth-order valence-corrected chi connectivity index (χ4v) is 9.79. The Bertz CT molecular complexity index is 1090. The Labute approximate surface area is 224 Å². The fourth-order valence-electron chi connectivity index (χ4n) is 9.79. The Morgan fingerprint density at radius 3 is 2.68 bits per heavy atom. The van der Waals surface area contributed by atoms with E-state index in [1.165, 1.54) is 6.42 Å². The lowest BCUT2D eigenvalue weighted by molar-refractivity contribution is -0.143. The SMILES string of the molecule is COC(C)[C@H]1[C@H]2[C@H](C[C@H]1C)[C@H]1C[C@H]3/C=C/C(=O)C45CC(CCNC(=O)/C=C\C[C@@H]3[C@H]1[C@@H]1O[C@@H]12)[C@H](NC4=O)O5. The van der Waals surface area contributed by atoms with Crippen LogP contribution in [0.15, 0.2) is 24.3 Å². The van der Waals surface area contributed by atoms with Gasteiger partial charge in [0.2, 0.25) is 11.5 Å². The molecule has 3 saturated heterocycles. The minimum Gasteiger partial charge on any atom is -0.381 e. The number of piperidine rings is 1. The van der Waals surface area contributed by atoms with Gasteiger partial charge in [0.1, 0.15) is 6.23 Å². The molecule has 0 radical (unpaired) electrons. The molecule has 0 aromatic rings. The molecule has 2 N–H and O–H groups in total. The van der Waals surface area contributed by atoms with Crippen LogP contribution >= 0.6 is 0 Å². The molecule has 0 aromatic carbocycles. The highest BCUT2D eigenvalue weighted by Gasteiger charge is 2.69. The molecule has 8 heteroatoms. The third kappa shape index (κ3) is 3.62. The van der Waals surface area contributed by atoms with Gasteiger partial charge in [0, 0.05) is 26.0 Å². The molecule has 7 aliphatic rings. The van der Waals surface area contributed by atoms with Crippen LogP contribution < -0.4 is 10.6 Å². The van der Waals surface area contributed by atoms with Gasteiger partial charge in [-0.1, -0.05) is 19.1 Å². The number of carbonyl (C=O) groups excluding carboxylic acids is 3. The van der Waals surface area contributed by atoms with E-state index in [9.17, 15) is 14.4 Å². The lowest BCUT2D eigenvalue weighted by atomic mass is 9.65. The molecule has 8 nitrogen and oxygen atoms in total. The highest BCUT2D eigenvalue weighted by molar-refractivity contribution is 6.15. The molecular weight excluding hydrogens is 484 g/mol. The van der Waals surface area contributed by atoms with Gasteiger partial charge in [-0.3, -0.25) is 14.4 Å². The number of nitrogens with one attached hydrogen (secondary N) is 2. The van der Waals surface area contributed by atoms with Crippen molar-refractivity contribution in [2.24, 2.45) is 53.3 Å². The van der Waals surface area contributed by atoms with E-state index in [1.54, 1.807) is 12.2 Å². The summed E-state index contributed by atoms with van der Waals surface area (Å²) in [4.78, 5) is 38.8. The van der Waals surface area contributed by atoms with Crippen LogP contribution in [0.3, 0.4) is 0 Å². The van der Waals surface area contributed by atoms with E-state index in [0.717, 1.165) is 12.8 Å². The maximum absolute atomic E-state index is 13.5. The van der Waals surface area contributed by atoms with Crippen LogP contribution in [-0.2, 0) is 28.6 Å². The summed E-state index contributed by atoms with van der Waals surface area (Å²) in [5.74, 6) is 3.00. The minimum absolute atomic E-state index is 0.00855. The van der Waals surface area contributed by atoms with Crippen LogP contribution in [0, 0.1) is 53.3 Å². The van der Waals surface area contributed by atoms with E-state index in [1.807, 2.05) is 13.2 Å². The number of epoxide rings is 1. The molecular formula is C30H40N2O6. The van der Waals surface area contributed by atoms with Crippen molar-refractivity contribution in [3.63, 3.8) is 0 Å². The van der Waals surface area contributed by atoms with Gasteiger partial charge in [-0.05, 0) is 92.1 Å². The Morgan fingerprint density at radius 2 is 1.87 bits per heavy atom. The predicted octanol–water partition coefficient (Wildman–Crippen LogP) is 2.38. The number of methoxy groups -OCH3 is 1. The first-order chi connectivity index (χ1) is 18.3. The fraction of sp³-hybridized carbons (Fsp3) is 0.767. The molecule has 7 rings (SSSR count). The minimum atomic E-state index is -1.42. The van der Waals surface area contributed by atoms with Gasteiger partial charge in [-0.2, -0.15) is 0 Å². The first kappa shape index (κ1) is 25.0. The van der Waals surface area contributed by atoms with Crippen LogP contribution in [0.5, 0.6) is 0 Å². The summed E-state index contributed by atoms with van der Waals surface area (Å²) < 4.78 is 18.3. The molecule has 3 unspecified atom stereocenters. The highest BCUT2D eigenvalue weighted by Crippen LogP contribution is 2.66. The van der Waals surface area contributed by atoms with E-state index in [-0.39, 0.29) is 41.6 Å². The number of rotatable bonds is 2. The maximum atomic E-state index is 13.5. The summed E-state index contributed by atoms with van der Waals surface area (Å²) in [6, 6.07) is 0. The molecule has 206 valence electrons. The Kier molecular flexibility index (Phi) is 5.91. The van der Waals surface area contributed by atoms with Crippen molar-refractivity contribution in [1.29, 1.82) is 0 Å². The molecule has 3 saturated carbocycles. The van der Waals surface area contributed by atoms with E-state index in [2.05, 4.69) is 30.6 Å². The number of ketones is 1. The first-order valence-electron chi connectivity index (χ1n) is 14.7. The third-order valence-electron chi connectivity index (χ3n) is 11.4. The van der Waals surface area contributed by atoms with Crippen molar-refractivity contribution < 1.29 is 28.6 Å². The van der Waals surface area contributed by atoms with Gasteiger partial charge >= 0.3 is 0 Å². The second-order valence-electron chi connectivity index (χ2n) is 13.1. The third-order valence-corrected chi connectivity index (χ3v) is 11.4. The second-order valence-corrected chi connectivity index (χ2v) is 13.1. The molecule has 2 amide bonds. The predicted molar refractivity (Wildman–Crippen MR) is 137 cm³/mol. The first-order valence-corrected chi connectivity index (χ1v) is 14.7. The number of hydrogen-bond acceptors (Lipinski definition) is 6. The van der Waals surface area contributed by atoms with Gasteiger partial charge in [0.25, 0.3) is 5.91 Å². The molecule has 3 bridgehead atoms. The molecule has 4 aliphatic heterocycles. The standard InChI is InChI=1S/C30H40N2O6/c1-14-11-19-20-12-16-7-8-21(33)30-13-17(28(38-30)32-29(30)35)9-10-31-22(34)6-4-5-18(16)24(20)26-27(37-26)25(19)23(14)15(2)36-3/h4,6-8,14-20,23-28H,5,9-13H2,1-3H3,(H,31,34)(H,32,35)/b6-4-,8-7+/t14-,15?,16-,17?,18+,19-,20-,23+,24-,25-,26+,27-,28-,30?/m1/s1. The van der Waals surface area contributed by atoms with Crippen molar-refractivity contribution in [2.45, 2.75) is 76.1 Å². The van der Waals surface area contributed by atoms with Gasteiger partial charge < -0.3 is 24.8 Å². The summed E-state index contributed by atoms with van der Waals surface area (Å²) >= 11 is 0. The average Bonchev–Trinajstić information content (AvgIpc) is 3.15. The smallest absolute Gasteiger partial charge is 0.262 e. The number of amides is 2. The zero-order valence-electron chi connectivity index (χ0n) is 22.5. The lowest BCUT2D eigenvalue weighted by Crippen LogP contribution is -2.50. The maximum Gasteiger partial charge on any atom is 0.262 e. The molecule has 0 aromatic heterocycles. The zero-order valence-corrected chi connectivity index (χ0v) is 22.5. The molecule has 3 aliphatic carbocycles. The number of carbonyl (C=O) groups is 3. The normalized spacial score (nSPS) is 53.4. The Hall–Kier alpha value is -2.03. The van der Waals surface area contributed by atoms with Crippen LogP contribution in [0.25, 0.3) is 0 Å². The largest absolute Gasteiger partial charge is 0.381 e. The molecule has 1 spiro atoms. The summed E-state index contributed by atoms with van der Waals surface area (Å²) in [7, 11) is 1.81. The summed E-state index contributed by atoms with van der Waals surface area (Å²) in [6.07, 6.45) is 11.7. The average molecular weight is 525 g/mol. The number of hydrogen-bond donors (Lipinski definition) is 2. The summed E-state index contributed by atoms with van der Waals surface area (Å²) in [6.45, 7) is 5.05. The topological polar surface area (TPSA) is 106 Å². The van der Waals surface area contributed by atoms with Gasteiger partial charge in [0.15, 0.2) is 5.78 Å². The van der Waals surface area contributed by atoms with Crippen molar-refractivity contribution >= 4 is 17.6 Å². The van der Waals surface area contributed by atoms with Gasteiger partial charge in [0.05, 0.1) is 18.3 Å². The molecule has 6 fully saturated rings. The Morgan fingerprint density at radius 1 is 1.08 bits per heavy atom. The molecule has 38 heavy (non-hydrogen) atoms. The molecule has 4 heterocycles. The van der Waals surface area contributed by atoms with Crippen molar-refractivity contribution in [1.82, 2.24) is 10.6 Å². The zero-order chi connectivity index (χ0) is 26.3. The second kappa shape index (κ2) is 9.00. The monoisotopic (exact) mass is 524 g/mol. The van der Waals surface area contributed by atoms with Crippen molar-refractivity contribution in [3.8, 4) is 0 Å². The quantitative estimate of drug-likeness (QED) is 0.425. The van der Waals surface area contributed by atoms with Crippen LogP contribution in [0.1, 0.15) is 46.0 Å². The summed E-state index contributed by atoms with van der Waals surface area (Å²) in [5, 5.41) is 5.83. The van der Waals surface area contributed by atoms with Crippen molar-refractivity contribution in [2.75, 3.05) is 13.7 Å². The number of fused-ring (bicyclic) bond motifs is 11. The Balaban J connectivity index is 1.20. The van der Waals surface area contributed by atoms with Gasteiger partial charge in [-0.25, -0.2) is 0 Å². The van der Waals surface area contributed by atoms with Crippen LogP contribution in [0.2, 0.25) is 0 Å². The van der Waals surface area contributed by atoms with Crippen molar-refractivity contribution in [3.05, 3.63) is 24.3 Å². The lowest BCUT2D eigenvalue weighted by Gasteiger charge is -2.38. The number of ether oxygens (including phenoxy) is 3. The molecule has 14 atom stereocenters. The van der Waals surface area contributed by atoms with E-state index >= 15 is 0 Å². The van der Waals surface area contributed by atoms with E-state index < -0.39 is 11.8 Å². The summed E-state index contributed by atoms with van der Waals surface area (Å²) in [5.41, 5.74) is -1.42. The highest BCUT2D eigenvalue weighted by atomic mass is 16.6. The van der Waals surface area contributed by atoms with Crippen LogP contribution in [-0.4, -0.2) is 61.4 Å².